The second-order valence-corrected chi connectivity index (χ2v) is 7.01. The van der Waals surface area contributed by atoms with Gasteiger partial charge in [-0.1, -0.05) is 0 Å². The lowest BCUT2D eigenvalue weighted by molar-refractivity contribution is -0.133. The van der Waals surface area contributed by atoms with Gasteiger partial charge in [-0.05, 0) is 12.8 Å². The molecule has 0 spiro atoms. The van der Waals surface area contributed by atoms with Gasteiger partial charge in [0.15, 0.2) is 0 Å². The second kappa shape index (κ2) is 5.74. The maximum Gasteiger partial charge on any atom is 0.418 e. The number of nitrogens with one attached hydrogen (secondary N) is 2. The number of hydrogen-bond donors (Lipinski definition) is 3. The van der Waals surface area contributed by atoms with Crippen LogP contribution < -0.4 is 10.9 Å². The molecule has 2 aliphatic heterocycles. The molecule has 11 nitrogen and oxygen atoms in total. The summed E-state index contributed by atoms with van der Waals surface area (Å²) in [6, 6.07) is -2.66. The van der Waals surface area contributed by atoms with E-state index in [2.05, 4.69) is 4.28 Å². The largest absolute Gasteiger partial charge is 0.418 e. The van der Waals surface area contributed by atoms with Crippen molar-refractivity contribution in [3.05, 3.63) is 0 Å². The molecule has 3 rings (SSSR count). The number of amides is 4. The van der Waals surface area contributed by atoms with Crippen LogP contribution in [0.2, 0.25) is 0 Å². The highest BCUT2D eigenvalue weighted by molar-refractivity contribution is 7.80. The lowest BCUT2D eigenvalue weighted by atomic mass is 10.0. The van der Waals surface area contributed by atoms with Gasteiger partial charge in [-0.25, -0.2) is 13.6 Å². The van der Waals surface area contributed by atoms with Crippen LogP contribution in [-0.2, 0) is 24.3 Å². The molecule has 14 heteroatoms. The first-order valence-electron chi connectivity index (χ1n) is 7.24. The number of alkyl halides is 2. The van der Waals surface area contributed by atoms with E-state index in [0.717, 1.165) is 4.90 Å². The third kappa shape index (κ3) is 3.50. The van der Waals surface area contributed by atoms with E-state index in [1.807, 2.05) is 10.9 Å². The molecule has 25 heavy (non-hydrogen) atoms. The zero-order valence-electron chi connectivity index (χ0n) is 12.5. The van der Waals surface area contributed by atoms with Gasteiger partial charge < -0.3 is 4.90 Å². The van der Waals surface area contributed by atoms with Crippen molar-refractivity contribution >= 4 is 28.2 Å². The minimum absolute atomic E-state index is 0.0267. The topological polar surface area (TPSA) is 145 Å². The van der Waals surface area contributed by atoms with Crippen LogP contribution in [-0.4, -0.2) is 65.3 Å². The van der Waals surface area contributed by atoms with E-state index in [1.165, 1.54) is 0 Å². The van der Waals surface area contributed by atoms with Crippen LogP contribution in [0.25, 0.3) is 0 Å². The minimum Gasteiger partial charge on any atom is -0.309 e. The van der Waals surface area contributed by atoms with Crippen LogP contribution in [0, 0.1) is 5.92 Å². The molecule has 140 valence electrons. The highest BCUT2D eigenvalue weighted by atomic mass is 32.3. The molecule has 4 amide bonds. The number of rotatable bonds is 4. The number of piperidine rings is 1. The lowest BCUT2D eigenvalue weighted by Crippen LogP contribution is -2.54. The number of hydrazine groups is 1. The zero-order valence-corrected chi connectivity index (χ0v) is 13.3. The minimum atomic E-state index is -4.90. The van der Waals surface area contributed by atoms with Crippen molar-refractivity contribution in [2.24, 2.45) is 5.92 Å². The summed E-state index contributed by atoms with van der Waals surface area (Å²) < 4.78 is 59.9. The lowest BCUT2D eigenvalue weighted by Gasteiger charge is -2.29. The van der Waals surface area contributed by atoms with Crippen molar-refractivity contribution in [2.75, 3.05) is 6.54 Å². The van der Waals surface area contributed by atoms with Crippen molar-refractivity contribution in [3.8, 4) is 0 Å². The summed E-state index contributed by atoms with van der Waals surface area (Å²) in [6.07, 6.45) is -0.264. The molecule has 0 radical (unpaired) electrons. The van der Waals surface area contributed by atoms with Gasteiger partial charge in [0.05, 0.1) is 6.04 Å². The molecule has 3 aliphatic rings. The SMILES string of the molecule is O=C(NNC(=O)[C@@H]1CC[C@@H]2CN1C(=O)N2OS(=O)(=O)O)C1CC1(F)F. The van der Waals surface area contributed by atoms with Gasteiger partial charge >= 0.3 is 16.4 Å². The smallest absolute Gasteiger partial charge is 0.309 e. The monoisotopic (exact) mass is 384 g/mol. The van der Waals surface area contributed by atoms with Crippen LogP contribution >= 0.6 is 0 Å². The Morgan fingerprint density at radius 2 is 1.84 bits per heavy atom. The summed E-state index contributed by atoms with van der Waals surface area (Å²) in [4.78, 5) is 36.6. The van der Waals surface area contributed by atoms with Gasteiger partial charge in [0, 0.05) is 13.0 Å². The molecule has 0 aromatic carbocycles. The first-order valence-corrected chi connectivity index (χ1v) is 8.60. The summed E-state index contributed by atoms with van der Waals surface area (Å²) in [5.41, 5.74) is 3.87. The number of urea groups is 1. The fourth-order valence-electron chi connectivity index (χ4n) is 2.90. The van der Waals surface area contributed by atoms with E-state index >= 15 is 0 Å². The number of nitrogens with zero attached hydrogens (tertiary/aromatic N) is 2. The zero-order chi connectivity index (χ0) is 18.6. The molecular formula is C11H14F2N4O7S. The number of hydrogen-bond acceptors (Lipinski definition) is 6. The van der Waals surface area contributed by atoms with Crippen molar-refractivity contribution in [1.29, 1.82) is 0 Å². The number of fused-ring (bicyclic) bond motifs is 2. The first kappa shape index (κ1) is 17.8. The summed E-state index contributed by atoms with van der Waals surface area (Å²) in [5.74, 6) is -6.41. The first-order chi connectivity index (χ1) is 11.5. The quantitative estimate of drug-likeness (QED) is 0.407. The van der Waals surface area contributed by atoms with Crippen molar-refractivity contribution in [2.45, 2.75) is 37.3 Å². The molecule has 0 aromatic heterocycles. The highest BCUT2D eigenvalue weighted by Gasteiger charge is 2.61. The van der Waals surface area contributed by atoms with Crippen LogP contribution in [0.15, 0.2) is 0 Å². The fraction of sp³-hybridized carbons (Fsp3) is 0.727. The summed E-state index contributed by atoms with van der Waals surface area (Å²) >= 11 is 0. The Kier molecular flexibility index (Phi) is 4.08. The molecule has 1 saturated carbocycles. The van der Waals surface area contributed by atoms with Crippen molar-refractivity contribution in [3.63, 3.8) is 0 Å². The number of carbonyl (C=O) groups is 3. The van der Waals surface area contributed by atoms with E-state index in [1.54, 1.807) is 0 Å². The molecule has 1 aliphatic carbocycles. The average molecular weight is 384 g/mol. The molecule has 2 saturated heterocycles. The predicted molar refractivity (Wildman–Crippen MR) is 72.7 cm³/mol. The van der Waals surface area contributed by atoms with Gasteiger partial charge in [0.2, 0.25) is 5.91 Å². The van der Waals surface area contributed by atoms with E-state index in [0.29, 0.717) is 5.06 Å². The second-order valence-electron chi connectivity index (χ2n) is 6.01. The van der Waals surface area contributed by atoms with Crippen molar-refractivity contribution < 1.29 is 40.4 Å². The summed E-state index contributed by atoms with van der Waals surface area (Å²) in [7, 11) is -4.90. The fourth-order valence-corrected chi connectivity index (χ4v) is 3.28. The standard InChI is InChI=1S/C11H14F2N4O7S/c12-11(13)3-6(11)8(18)14-15-9(19)7-2-1-5-4-16(7)10(20)17(5)24-25(21,22)23/h5-7H,1-4H2,(H,14,18)(H,15,19)(H,21,22,23)/t5-,6?,7+/m1/s1. The molecule has 2 heterocycles. The Morgan fingerprint density at radius 3 is 2.40 bits per heavy atom. The van der Waals surface area contributed by atoms with Crippen LogP contribution in [0.4, 0.5) is 13.6 Å². The highest BCUT2D eigenvalue weighted by Crippen LogP contribution is 2.48. The molecule has 3 N–H and O–H groups in total. The Balaban J connectivity index is 1.58. The van der Waals surface area contributed by atoms with E-state index < -0.39 is 58.6 Å². The van der Waals surface area contributed by atoms with Crippen LogP contribution in [0.5, 0.6) is 0 Å². The third-order valence-corrected chi connectivity index (χ3v) is 4.60. The van der Waals surface area contributed by atoms with E-state index in [9.17, 15) is 31.6 Å². The Bertz CT molecular complexity index is 730. The normalized spacial score (nSPS) is 30.2. The third-order valence-electron chi connectivity index (χ3n) is 4.25. The van der Waals surface area contributed by atoms with Gasteiger partial charge in [-0.15, -0.1) is 4.28 Å². The number of hydroxylamine groups is 2. The van der Waals surface area contributed by atoms with E-state index in [-0.39, 0.29) is 19.4 Å². The Labute approximate surface area is 140 Å². The molecule has 0 aromatic rings. The number of carbonyl (C=O) groups excluding carboxylic acids is 3. The molecule has 2 bridgehead atoms. The molecule has 3 fully saturated rings. The van der Waals surface area contributed by atoms with Gasteiger partial charge in [0.1, 0.15) is 12.0 Å². The Hall–Kier alpha value is -2.06. The maximum absolute atomic E-state index is 12.8. The van der Waals surface area contributed by atoms with E-state index in [4.69, 9.17) is 4.55 Å². The summed E-state index contributed by atoms with van der Waals surface area (Å²) in [6.45, 7) is -0.0267. The maximum atomic E-state index is 12.8. The van der Waals surface area contributed by atoms with Crippen LogP contribution in [0.1, 0.15) is 19.3 Å². The summed E-state index contributed by atoms with van der Waals surface area (Å²) in [5, 5.41) is 0.464. The Morgan fingerprint density at radius 1 is 1.24 bits per heavy atom. The molecule has 1 unspecified atom stereocenters. The van der Waals surface area contributed by atoms with Crippen molar-refractivity contribution in [1.82, 2.24) is 20.8 Å². The van der Waals surface area contributed by atoms with Gasteiger partial charge in [-0.3, -0.25) is 25.0 Å². The van der Waals surface area contributed by atoms with Gasteiger partial charge in [-0.2, -0.15) is 13.5 Å². The molecule has 3 atom stereocenters. The number of halogens is 2. The predicted octanol–water partition coefficient (Wildman–Crippen LogP) is -1.21. The average Bonchev–Trinajstić information content (AvgIpc) is 3.10. The van der Waals surface area contributed by atoms with Crippen LogP contribution in [0.3, 0.4) is 0 Å². The van der Waals surface area contributed by atoms with Gasteiger partial charge in [0.25, 0.3) is 11.8 Å². The molecular weight excluding hydrogens is 370 g/mol.